The summed E-state index contributed by atoms with van der Waals surface area (Å²) in [5, 5.41) is 2.61. The van der Waals surface area contributed by atoms with Crippen molar-refractivity contribution in [2.75, 3.05) is 19.0 Å². The Morgan fingerprint density at radius 2 is 1.52 bits per heavy atom. The molecule has 2 aromatic rings. The number of carbonyl (C=O) groups excluding carboxylic acids is 2. The molecule has 0 bridgehead atoms. The predicted molar refractivity (Wildman–Crippen MR) is 126 cm³/mol. The van der Waals surface area contributed by atoms with Crippen LogP contribution in [0.5, 0.6) is 17.2 Å². The lowest BCUT2D eigenvalue weighted by atomic mass is 10.1. The number of methoxy groups -OCH3 is 1. The summed E-state index contributed by atoms with van der Waals surface area (Å²) in [5.74, 6) is -0.956. The van der Waals surface area contributed by atoms with Crippen molar-refractivity contribution in [3.8, 4) is 17.2 Å². The van der Waals surface area contributed by atoms with E-state index in [9.17, 15) is 14.0 Å². The molecular formula is C25H34FNO6. The number of amides is 1. The fraction of sp³-hybridized carbons (Fsp3) is 0.440. The predicted octanol–water partition coefficient (Wildman–Crippen LogP) is 5.86. The first-order valence-electron chi connectivity index (χ1n) is 11.0. The van der Waals surface area contributed by atoms with Crippen molar-refractivity contribution in [1.82, 2.24) is 0 Å². The molecule has 1 amide bonds. The average Bonchev–Trinajstić information content (AvgIpc) is 2.76. The molecule has 2 rings (SSSR count). The second-order valence-corrected chi connectivity index (χ2v) is 7.21. The number of esters is 1. The highest BCUT2D eigenvalue weighted by molar-refractivity contribution is 6.05. The SMILES string of the molecule is CC.CCOc1c(OC(C)C)cc(C(=O)Nc2ccc(C(=O)OC)c(F)c2)cc1OC(C)C. The molecule has 0 heterocycles. The molecule has 0 atom stereocenters. The van der Waals surface area contributed by atoms with Gasteiger partial charge in [0.05, 0.1) is 31.5 Å². The number of hydrogen-bond acceptors (Lipinski definition) is 6. The number of rotatable bonds is 9. The van der Waals surface area contributed by atoms with E-state index in [4.69, 9.17) is 14.2 Å². The van der Waals surface area contributed by atoms with Gasteiger partial charge in [0, 0.05) is 11.3 Å². The summed E-state index contributed by atoms with van der Waals surface area (Å²) in [4.78, 5) is 24.4. The van der Waals surface area contributed by atoms with Gasteiger partial charge < -0.3 is 24.3 Å². The molecule has 7 nitrogen and oxygen atoms in total. The number of anilines is 1. The van der Waals surface area contributed by atoms with Gasteiger partial charge in [0.1, 0.15) is 5.82 Å². The van der Waals surface area contributed by atoms with Gasteiger partial charge in [-0.25, -0.2) is 9.18 Å². The van der Waals surface area contributed by atoms with Crippen LogP contribution in [0, 0.1) is 5.82 Å². The van der Waals surface area contributed by atoms with Gasteiger partial charge in [0.25, 0.3) is 5.91 Å². The zero-order chi connectivity index (χ0) is 25.1. The van der Waals surface area contributed by atoms with Crippen LogP contribution in [0.2, 0.25) is 0 Å². The second kappa shape index (κ2) is 13.3. The number of halogens is 1. The van der Waals surface area contributed by atoms with E-state index < -0.39 is 17.7 Å². The van der Waals surface area contributed by atoms with Crippen LogP contribution < -0.4 is 19.5 Å². The van der Waals surface area contributed by atoms with Gasteiger partial charge in [-0.3, -0.25) is 4.79 Å². The molecule has 0 aliphatic carbocycles. The lowest BCUT2D eigenvalue weighted by molar-refractivity contribution is 0.0595. The maximum absolute atomic E-state index is 14.2. The van der Waals surface area contributed by atoms with Gasteiger partial charge >= 0.3 is 5.97 Å². The van der Waals surface area contributed by atoms with E-state index in [0.717, 1.165) is 13.2 Å². The van der Waals surface area contributed by atoms with Crippen molar-refractivity contribution >= 4 is 17.6 Å². The van der Waals surface area contributed by atoms with Crippen LogP contribution in [-0.4, -0.2) is 37.8 Å². The molecule has 0 aliphatic heterocycles. The second-order valence-electron chi connectivity index (χ2n) is 7.21. The molecule has 0 aromatic heterocycles. The number of hydrogen-bond donors (Lipinski definition) is 1. The normalized spacial score (nSPS) is 10.3. The molecule has 2 aromatic carbocycles. The van der Waals surface area contributed by atoms with Gasteiger partial charge in [-0.2, -0.15) is 0 Å². The largest absolute Gasteiger partial charge is 0.487 e. The number of carbonyl (C=O) groups is 2. The Morgan fingerprint density at radius 1 is 0.970 bits per heavy atom. The van der Waals surface area contributed by atoms with Crippen molar-refractivity contribution in [1.29, 1.82) is 0 Å². The summed E-state index contributed by atoms with van der Waals surface area (Å²) >= 11 is 0. The van der Waals surface area contributed by atoms with Crippen LogP contribution in [0.3, 0.4) is 0 Å². The van der Waals surface area contributed by atoms with E-state index >= 15 is 0 Å². The Labute approximate surface area is 195 Å². The molecule has 0 saturated heterocycles. The van der Waals surface area contributed by atoms with E-state index in [1.54, 1.807) is 12.1 Å². The molecule has 0 saturated carbocycles. The first-order valence-corrected chi connectivity index (χ1v) is 11.0. The average molecular weight is 464 g/mol. The fourth-order valence-corrected chi connectivity index (χ4v) is 2.75. The van der Waals surface area contributed by atoms with E-state index in [-0.39, 0.29) is 29.0 Å². The third-order valence-corrected chi connectivity index (χ3v) is 3.93. The summed E-state index contributed by atoms with van der Waals surface area (Å²) in [5.41, 5.74) is 0.204. The zero-order valence-corrected chi connectivity index (χ0v) is 20.6. The Balaban J connectivity index is 0.00000265. The highest BCUT2D eigenvalue weighted by Crippen LogP contribution is 2.40. The monoisotopic (exact) mass is 463 g/mol. The highest BCUT2D eigenvalue weighted by Gasteiger charge is 2.21. The summed E-state index contributed by atoms with van der Waals surface area (Å²) in [7, 11) is 1.16. The van der Waals surface area contributed by atoms with Gasteiger partial charge in [0.2, 0.25) is 5.75 Å². The Hall–Kier alpha value is -3.29. The molecule has 1 N–H and O–H groups in total. The fourth-order valence-electron chi connectivity index (χ4n) is 2.75. The molecule has 0 aliphatic rings. The summed E-state index contributed by atoms with van der Waals surface area (Å²) in [6.45, 7) is 13.7. The van der Waals surface area contributed by atoms with Crippen LogP contribution in [0.1, 0.15) is 69.2 Å². The maximum atomic E-state index is 14.2. The van der Waals surface area contributed by atoms with Crippen molar-refractivity contribution < 1.29 is 32.9 Å². The van der Waals surface area contributed by atoms with Gasteiger partial charge in [0.15, 0.2) is 11.5 Å². The summed E-state index contributed by atoms with van der Waals surface area (Å²) in [6, 6.07) is 6.81. The lowest BCUT2D eigenvalue weighted by Crippen LogP contribution is -2.16. The smallest absolute Gasteiger partial charge is 0.340 e. The van der Waals surface area contributed by atoms with E-state index in [2.05, 4.69) is 10.1 Å². The first-order chi connectivity index (χ1) is 15.7. The molecule has 8 heteroatoms. The molecule has 182 valence electrons. The molecule has 0 unspecified atom stereocenters. The van der Waals surface area contributed by atoms with Gasteiger partial charge in [-0.15, -0.1) is 0 Å². The Bertz CT molecular complexity index is 911. The number of nitrogens with one attached hydrogen (secondary N) is 1. The van der Waals surface area contributed by atoms with Crippen molar-refractivity contribution in [3.05, 3.63) is 47.3 Å². The number of benzene rings is 2. The molecular weight excluding hydrogens is 429 g/mol. The first kappa shape index (κ1) is 27.7. The minimum Gasteiger partial charge on any atom is -0.487 e. The van der Waals surface area contributed by atoms with Crippen molar-refractivity contribution in [3.63, 3.8) is 0 Å². The van der Waals surface area contributed by atoms with E-state index in [0.29, 0.717) is 23.9 Å². The maximum Gasteiger partial charge on any atom is 0.340 e. The number of ether oxygens (including phenoxy) is 4. The molecule has 0 radical (unpaired) electrons. The Kier molecular flexibility index (Phi) is 11.2. The third-order valence-electron chi connectivity index (χ3n) is 3.93. The minimum absolute atomic E-state index is 0.163. The lowest BCUT2D eigenvalue weighted by Gasteiger charge is -2.20. The van der Waals surface area contributed by atoms with Crippen molar-refractivity contribution in [2.24, 2.45) is 0 Å². The standard InChI is InChI=1S/C23H28FNO6.C2H6/c1-7-29-21-19(30-13(2)3)10-15(11-20(21)31-14(4)5)22(26)25-16-8-9-17(18(24)12-16)23(27)28-6;1-2/h8-14H,7H2,1-6H3,(H,25,26);1-2H3. The van der Waals surface area contributed by atoms with Crippen LogP contribution in [0.4, 0.5) is 10.1 Å². The van der Waals surface area contributed by atoms with Crippen LogP contribution in [0.25, 0.3) is 0 Å². The summed E-state index contributed by atoms with van der Waals surface area (Å²) in [6.07, 6.45) is -0.325. The van der Waals surface area contributed by atoms with Gasteiger partial charge in [-0.1, -0.05) is 13.8 Å². The molecule has 0 spiro atoms. The topological polar surface area (TPSA) is 83.1 Å². The van der Waals surface area contributed by atoms with Crippen molar-refractivity contribution in [2.45, 2.75) is 60.7 Å². The zero-order valence-electron chi connectivity index (χ0n) is 20.6. The van der Waals surface area contributed by atoms with E-state index in [1.807, 2.05) is 48.5 Å². The van der Waals surface area contributed by atoms with E-state index in [1.165, 1.54) is 12.1 Å². The van der Waals surface area contributed by atoms with Gasteiger partial charge in [-0.05, 0) is 65.0 Å². The Morgan fingerprint density at radius 3 is 1.94 bits per heavy atom. The van der Waals surface area contributed by atoms with Crippen LogP contribution in [-0.2, 0) is 4.74 Å². The quantitative estimate of drug-likeness (QED) is 0.469. The van der Waals surface area contributed by atoms with Crippen LogP contribution >= 0.6 is 0 Å². The van der Waals surface area contributed by atoms with Crippen LogP contribution in [0.15, 0.2) is 30.3 Å². The molecule has 0 fully saturated rings. The molecule has 33 heavy (non-hydrogen) atoms. The minimum atomic E-state index is -0.802. The summed E-state index contributed by atoms with van der Waals surface area (Å²) < 4.78 is 36.1. The third kappa shape index (κ3) is 7.97. The highest BCUT2D eigenvalue weighted by atomic mass is 19.1.